The van der Waals surface area contributed by atoms with E-state index in [0.29, 0.717) is 18.8 Å². The van der Waals surface area contributed by atoms with Gasteiger partial charge in [0.05, 0.1) is 23.3 Å². The molecule has 0 bridgehead atoms. The number of benzene rings is 2. The standard InChI is InChI=1S/C19H21N4O2/c1-25-15-8-6-14(7-9-15)18-19-16-4-2-3-5-17(16)23(24)22(19)13-12-21(18)11-10-20/h2-9H,10-13,20H2,1H3/q+1. The SMILES string of the molecule is COc1ccc(C2=C3c4ccccc4[N+](=O)N3CCN2CCN)cc1. The van der Waals surface area contributed by atoms with E-state index in [2.05, 4.69) is 4.90 Å². The highest BCUT2D eigenvalue weighted by Gasteiger charge is 2.45. The van der Waals surface area contributed by atoms with Gasteiger partial charge in [0.1, 0.15) is 18.0 Å². The second kappa shape index (κ2) is 6.22. The van der Waals surface area contributed by atoms with Gasteiger partial charge in [0.15, 0.2) is 4.87 Å². The number of para-hydroxylation sites is 1. The van der Waals surface area contributed by atoms with Gasteiger partial charge in [0.2, 0.25) is 0 Å². The topological polar surface area (TPSA) is 61.8 Å². The molecule has 2 N–H and O–H groups in total. The first-order chi connectivity index (χ1) is 12.2. The van der Waals surface area contributed by atoms with Crippen LogP contribution in [0.3, 0.4) is 0 Å². The Morgan fingerprint density at radius 2 is 1.84 bits per heavy atom. The summed E-state index contributed by atoms with van der Waals surface area (Å²) in [7, 11) is 1.66. The smallest absolute Gasteiger partial charge is 0.302 e. The Bertz CT molecular complexity index is 845. The van der Waals surface area contributed by atoms with E-state index in [0.717, 1.165) is 46.2 Å². The zero-order valence-electron chi connectivity index (χ0n) is 14.2. The molecule has 2 aromatic carbocycles. The first kappa shape index (κ1) is 15.7. The van der Waals surface area contributed by atoms with Gasteiger partial charge >= 0.3 is 5.69 Å². The van der Waals surface area contributed by atoms with Crippen LogP contribution in [0.2, 0.25) is 0 Å². The molecule has 0 atom stereocenters. The van der Waals surface area contributed by atoms with Crippen molar-refractivity contribution in [3.63, 3.8) is 0 Å². The second-order valence-corrected chi connectivity index (χ2v) is 6.11. The van der Waals surface area contributed by atoms with Crippen LogP contribution < -0.4 is 10.5 Å². The van der Waals surface area contributed by atoms with E-state index >= 15 is 0 Å². The van der Waals surface area contributed by atoms with Crippen molar-refractivity contribution in [3.8, 4) is 5.75 Å². The lowest BCUT2D eigenvalue weighted by Crippen LogP contribution is -2.42. The molecule has 0 fully saturated rings. The first-order valence-corrected chi connectivity index (χ1v) is 8.42. The van der Waals surface area contributed by atoms with Crippen LogP contribution in [0.1, 0.15) is 11.1 Å². The molecule has 2 aliphatic heterocycles. The summed E-state index contributed by atoms with van der Waals surface area (Å²) in [6.07, 6.45) is 0. The Balaban J connectivity index is 1.93. The van der Waals surface area contributed by atoms with E-state index in [1.807, 2.05) is 53.5 Å². The van der Waals surface area contributed by atoms with Crippen molar-refractivity contribution >= 4 is 17.1 Å². The van der Waals surface area contributed by atoms with Crippen molar-refractivity contribution in [2.75, 3.05) is 33.3 Å². The molecule has 2 aliphatic rings. The summed E-state index contributed by atoms with van der Waals surface area (Å²) >= 11 is 0. The van der Waals surface area contributed by atoms with Crippen molar-refractivity contribution in [2.24, 2.45) is 5.73 Å². The molecule has 0 aromatic heterocycles. The summed E-state index contributed by atoms with van der Waals surface area (Å²) in [4.78, 5) is 16.0. The maximum absolute atomic E-state index is 12.7. The summed E-state index contributed by atoms with van der Waals surface area (Å²) in [6.45, 7) is 2.72. The minimum atomic E-state index is 0.565. The molecule has 2 heterocycles. The molecular weight excluding hydrogens is 316 g/mol. The second-order valence-electron chi connectivity index (χ2n) is 6.11. The summed E-state index contributed by atoms with van der Waals surface area (Å²) < 4.78 is 5.27. The van der Waals surface area contributed by atoms with Crippen LogP contribution in [-0.4, -0.2) is 48.1 Å². The Kier molecular flexibility index (Phi) is 3.89. The Morgan fingerprint density at radius 1 is 1.08 bits per heavy atom. The third-order valence-corrected chi connectivity index (χ3v) is 4.73. The van der Waals surface area contributed by atoms with E-state index < -0.39 is 0 Å². The highest BCUT2D eigenvalue weighted by molar-refractivity contribution is 5.93. The Hall–Kier alpha value is -2.86. The molecule has 128 valence electrons. The Morgan fingerprint density at radius 3 is 2.56 bits per heavy atom. The predicted octanol–water partition coefficient (Wildman–Crippen LogP) is 2.44. The summed E-state index contributed by atoms with van der Waals surface area (Å²) in [5.74, 6) is 0.810. The van der Waals surface area contributed by atoms with Gasteiger partial charge < -0.3 is 15.4 Å². The molecule has 0 saturated heterocycles. The van der Waals surface area contributed by atoms with Gasteiger partial charge in [-0.15, -0.1) is 0 Å². The van der Waals surface area contributed by atoms with Crippen LogP contribution in [-0.2, 0) is 0 Å². The lowest BCUT2D eigenvalue weighted by atomic mass is 10.0. The maximum atomic E-state index is 12.7. The molecule has 0 unspecified atom stereocenters. The van der Waals surface area contributed by atoms with Crippen molar-refractivity contribution < 1.29 is 9.61 Å². The molecule has 25 heavy (non-hydrogen) atoms. The van der Waals surface area contributed by atoms with Crippen LogP contribution >= 0.6 is 0 Å². The number of methoxy groups -OCH3 is 1. The summed E-state index contributed by atoms with van der Waals surface area (Å²) in [5.41, 5.74) is 10.5. The van der Waals surface area contributed by atoms with E-state index in [4.69, 9.17) is 10.5 Å². The number of nitroso groups, excluding NO2 is 1. The highest BCUT2D eigenvalue weighted by Crippen LogP contribution is 2.44. The minimum absolute atomic E-state index is 0.565. The number of ether oxygens (including phenoxy) is 1. The van der Waals surface area contributed by atoms with E-state index in [1.54, 1.807) is 7.11 Å². The predicted molar refractivity (Wildman–Crippen MR) is 96.9 cm³/mol. The van der Waals surface area contributed by atoms with Gasteiger partial charge in [-0.05, 0) is 30.3 Å². The van der Waals surface area contributed by atoms with Gasteiger partial charge in [-0.25, -0.2) is 0 Å². The number of nitrogens with two attached hydrogens (primary N) is 1. The quantitative estimate of drug-likeness (QED) is 0.868. The van der Waals surface area contributed by atoms with Crippen LogP contribution in [0.5, 0.6) is 5.75 Å². The van der Waals surface area contributed by atoms with Crippen molar-refractivity contribution in [3.05, 3.63) is 64.6 Å². The van der Waals surface area contributed by atoms with Crippen molar-refractivity contribution in [2.45, 2.75) is 0 Å². The average molecular weight is 337 g/mol. The molecule has 0 aliphatic carbocycles. The number of fused-ring (bicyclic) bond motifs is 3. The van der Waals surface area contributed by atoms with Crippen LogP contribution in [0, 0.1) is 4.91 Å². The monoisotopic (exact) mass is 337 g/mol. The molecule has 2 aromatic rings. The number of rotatable bonds is 4. The zero-order valence-corrected chi connectivity index (χ0v) is 14.2. The number of hydrazine groups is 1. The third-order valence-electron chi connectivity index (χ3n) is 4.73. The first-order valence-electron chi connectivity index (χ1n) is 8.42. The minimum Gasteiger partial charge on any atom is -0.497 e. The zero-order chi connectivity index (χ0) is 17.4. The summed E-state index contributed by atoms with van der Waals surface area (Å²) in [6, 6.07) is 15.7. The van der Waals surface area contributed by atoms with E-state index in [-0.39, 0.29) is 0 Å². The maximum Gasteiger partial charge on any atom is 0.302 e. The lowest BCUT2D eigenvalue weighted by molar-refractivity contribution is -0.612. The number of hydrogen-bond donors (Lipinski definition) is 1. The van der Waals surface area contributed by atoms with Crippen molar-refractivity contribution in [1.29, 1.82) is 0 Å². The fourth-order valence-corrected chi connectivity index (χ4v) is 3.58. The molecule has 0 spiro atoms. The lowest BCUT2D eigenvalue weighted by Gasteiger charge is -2.33. The van der Waals surface area contributed by atoms with Gasteiger partial charge in [0, 0.05) is 31.3 Å². The number of nitrogens with zero attached hydrogens (tertiary/aromatic N) is 3. The fraction of sp³-hybridized carbons (Fsp3) is 0.263. The Labute approximate surface area is 146 Å². The van der Waals surface area contributed by atoms with Gasteiger partial charge in [-0.2, -0.15) is 0 Å². The van der Waals surface area contributed by atoms with Crippen LogP contribution in [0.4, 0.5) is 5.69 Å². The summed E-state index contributed by atoms with van der Waals surface area (Å²) in [5, 5.41) is 1.82. The largest absolute Gasteiger partial charge is 0.497 e. The van der Waals surface area contributed by atoms with E-state index in [1.165, 1.54) is 0 Å². The molecule has 0 radical (unpaired) electrons. The normalized spacial score (nSPS) is 16.2. The number of hydrogen-bond acceptors (Lipinski definition) is 4. The van der Waals surface area contributed by atoms with E-state index in [9.17, 15) is 4.91 Å². The molecule has 0 saturated carbocycles. The van der Waals surface area contributed by atoms with Crippen LogP contribution in [0.15, 0.2) is 48.5 Å². The van der Waals surface area contributed by atoms with Gasteiger partial charge in [-0.3, -0.25) is 0 Å². The molecule has 0 amide bonds. The molecule has 4 rings (SSSR count). The molecule has 6 nitrogen and oxygen atoms in total. The van der Waals surface area contributed by atoms with Crippen LogP contribution in [0.25, 0.3) is 11.4 Å². The van der Waals surface area contributed by atoms with Gasteiger partial charge in [-0.1, -0.05) is 17.1 Å². The fourth-order valence-electron chi connectivity index (χ4n) is 3.58. The molecule has 6 heteroatoms. The highest BCUT2D eigenvalue weighted by atomic mass is 16.5. The van der Waals surface area contributed by atoms with Gasteiger partial charge in [0.25, 0.3) is 0 Å². The van der Waals surface area contributed by atoms with Crippen molar-refractivity contribution in [1.82, 2.24) is 9.91 Å². The third kappa shape index (κ3) is 2.46. The average Bonchev–Trinajstić information content (AvgIpc) is 2.95. The molecular formula is C19H21N4O2+.